The van der Waals surface area contributed by atoms with Gasteiger partial charge < -0.3 is 15.4 Å². The van der Waals surface area contributed by atoms with Crippen molar-refractivity contribution >= 4 is 17.3 Å². The van der Waals surface area contributed by atoms with Gasteiger partial charge in [-0.25, -0.2) is 0 Å². The molecule has 0 aliphatic carbocycles. The van der Waals surface area contributed by atoms with Crippen molar-refractivity contribution in [2.45, 2.75) is 13.3 Å². The van der Waals surface area contributed by atoms with E-state index in [2.05, 4.69) is 10.6 Å². The summed E-state index contributed by atoms with van der Waals surface area (Å²) >= 11 is 0. The second-order valence-corrected chi connectivity index (χ2v) is 4.16. The molecule has 7 nitrogen and oxygen atoms in total. The molecule has 1 aromatic carbocycles. The molecule has 0 saturated heterocycles. The van der Waals surface area contributed by atoms with Crippen LogP contribution in [-0.4, -0.2) is 37.6 Å². The molecule has 0 aliphatic rings. The molecule has 0 spiro atoms. The molecule has 0 saturated carbocycles. The Balaban J connectivity index is 2.86. The summed E-state index contributed by atoms with van der Waals surface area (Å²) < 4.78 is 4.82. The zero-order chi connectivity index (χ0) is 15.0. The van der Waals surface area contributed by atoms with Crippen molar-refractivity contribution in [3.63, 3.8) is 0 Å². The third kappa shape index (κ3) is 4.51. The molecule has 7 heteroatoms. The number of nitrogens with one attached hydrogen (secondary N) is 2. The highest BCUT2D eigenvalue weighted by atomic mass is 16.6. The Morgan fingerprint density at radius 3 is 2.75 bits per heavy atom. The maximum Gasteiger partial charge on any atom is 0.293 e. The number of carbonyl (C=O) groups is 1. The number of benzene rings is 1. The highest BCUT2D eigenvalue weighted by Gasteiger charge is 2.17. The van der Waals surface area contributed by atoms with Gasteiger partial charge in [-0.15, -0.1) is 0 Å². The molecule has 0 unspecified atom stereocenters. The van der Waals surface area contributed by atoms with E-state index in [-0.39, 0.29) is 17.2 Å². The molecule has 1 rings (SSSR count). The molecule has 0 heterocycles. The number of nitro benzene ring substituents is 1. The van der Waals surface area contributed by atoms with E-state index in [0.717, 1.165) is 6.42 Å². The van der Waals surface area contributed by atoms with Crippen LogP contribution in [0.25, 0.3) is 0 Å². The molecule has 110 valence electrons. The van der Waals surface area contributed by atoms with Crippen LogP contribution in [-0.2, 0) is 4.74 Å². The van der Waals surface area contributed by atoms with Gasteiger partial charge in [0.2, 0.25) is 0 Å². The molecule has 0 radical (unpaired) electrons. The van der Waals surface area contributed by atoms with Crippen molar-refractivity contribution in [2.75, 3.05) is 32.1 Å². The van der Waals surface area contributed by atoms with Crippen LogP contribution < -0.4 is 10.6 Å². The minimum atomic E-state index is -0.496. The van der Waals surface area contributed by atoms with E-state index < -0.39 is 4.92 Å². The molecule has 0 aromatic heterocycles. The maximum absolute atomic E-state index is 11.8. The minimum absolute atomic E-state index is 0.0992. The third-order valence-electron chi connectivity index (χ3n) is 2.61. The van der Waals surface area contributed by atoms with Crippen LogP contribution in [0.5, 0.6) is 0 Å². The van der Waals surface area contributed by atoms with E-state index >= 15 is 0 Å². The van der Waals surface area contributed by atoms with Crippen molar-refractivity contribution in [3.05, 3.63) is 33.9 Å². The van der Waals surface area contributed by atoms with Crippen LogP contribution in [0.15, 0.2) is 18.2 Å². The van der Waals surface area contributed by atoms with Gasteiger partial charge in [0, 0.05) is 31.8 Å². The third-order valence-corrected chi connectivity index (χ3v) is 2.61. The number of anilines is 1. The second kappa shape index (κ2) is 8.11. The average molecular weight is 281 g/mol. The lowest BCUT2D eigenvalue weighted by atomic mass is 10.1. The van der Waals surface area contributed by atoms with Gasteiger partial charge in [0.05, 0.1) is 11.5 Å². The zero-order valence-electron chi connectivity index (χ0n) is 11.6. The van der Waals surface area contributed by atoms with Crippen molar-refractivity contribution in [1.29, 1.82) is 0 Å². The summed E-state index contributed by atoms with van der Waals surface area (Å²) in [6, 6.07) is 4.40. The Morgan fingerprint density at radius 1 is 1.40 bits per heavy atom. The number of hydrogen-bond donors (Lipinski definition) is 2. The van der Waals surface area contributed by atoms with Crippen LogP contribution in [0.1, 0.15) is 23.7 Å². The van der Waals surface area contributed by atoms with Crippen LogP contribution in [0.2, 0.25) is 0 Å². The Labute approximate surface area is 117 Å². The molecule has 1 aromatic rings. The fraction of sp³-hybridized carbons (Fsp3) is 0.462. The SMILES string of the molecule is CCCNc1ccc(C(=O)NCCOC)cc1[N+](=O)[O-]. The van der Waals surface area contributed by atoms with Crippen LogP contribution >= 0.6 is 0 Å². The molecule has 1 amide bonds. The lowest BCUT2D eigenvalue weighted by molar-refractivity contribution is -0.384. The summed E-state index contributed by atoms with van der Waals surface area (Å²) in [6.07, 6.45) is 0.858. The van der Waals surface area contributed by atoms with Gasteiger partial charge in [-0.05, 0) is 18.6 Å². The maximum atomic E-state index is 11.8. The van der Waals surface area contributed by atoms with Crippen molar-refractivity contribution < 1.29 is 14.5 Å². The van der Waals surface area contributed by atoms with Crippen molar-refractivity contribution in [3.8, 4) is 0 Å². The number of methoxy groups -OCH3 is 1. The van der Waals surface area contributed by atoms with Crippen LogP contribution in [0.4, 0.5) is 11.4 Å². The van der Waals surface area contributed by atoms with E-state index in [1.807, 2.05) is 6.92 Å². The fourth-order valence-corrected chi connectivity index (χ4v) is 1.60. The van der Waals surface area contributed by atoms with E-state index in [1.54, 1.807) is 12.1 Å². The highest BCUT2D eigenvalue weighted by Crippen LogP contribution is 2.25. The second-order valence-electron chi connectivity index (χ2n) is 4.16. The standard InChI is InChI=1S/C13H19N3O4/c1-3-6-14-11-5-4-10(9-12(11)16(18)19)13(17)15-7-8-20-2/h4-5,9,14H,3,6-8H2,1-2H3,(H,15,17). The van der Waals surface area contributed by atoms with Gasteiger partial charge in [-0.2, -0.15) is 0 Å². The van der Waals surface area contributed by atoms with Gasteiger partial charge in [-0.3, -0.25) is 14.9 Å². The predicted octanol–water partition coefficient (Wildman–Crippen LogP) is 1.79. The van der Waals surface area contributed by atoms with Gasteiger partial charge in [0.25, 0.3) is 11.6 Å². The largest absolute Gasteiger partial charge is 0.383 e. The molecule has 0 fully saturated rings. The summed E-state index contributed by atoms with van der Waals surface area (Å²) in [5, 5.41) is 16.6. The van der Waals surface area contributed by atoms with Crippen LogP contribution in [0.3, 0.4) is 0 Å². The summed E-state index contributed by atoms with van der Waals surface area (Å²) in [5.74, 6) is -0.354. The van der Waals surface area contributed by atoms with Gasteiger partial charge in [-0.1, -0.05) is 6.92 Å². The summed E-state index contributed by atoms with van der Waals surface area (Å²) in [7, 11) is 1.53. The first-order valence-electron chi connectivity index (χ1n) is 6.39. The normalized spacial score (nSPS) is 10.1. The predicted molar refractivity (Wildman–Crippen MR) is 76.1 cm³/mol. The Bertz CT molecular complexity index is 477. The molecular formula is C13H19N3O4. The minimum Gasteiger partial charge on any atom is -0.383 e. The van der Waals surface area contributed by atoms with Crippen molar-refractivity contribution in [1.82, 2.24) is 5.32 Å². The summed E-state index contributed by atoms with van der Waals surface area (Å²) in [6.45, 7) is 3.36. The molecule has 0 atom stereocenters. The number of carbonyl (C=O) groups excluding carboxylic acids is 1. The lowest BCUT2D eigenvalue weighted by Gasteiger charge is -2.08. The quantitative estimate of drug-likeness (QED) is 0.430. The van der Waals surface area contributed by atoms with E-state index in [0.29, 0.717) is 25.4 Å². The number of ether oxygens (including phenoxy) is 1. The first-order valence-corrected chi connectivity index (χ1v) is 6.39. The molecule has 20 heavy (non-hydrogen) atoms. The number of amides is 1. The fourth-order valence-electron chi connectivity index (χ4n) is 1.60. The Kier molecular flexibility index (Phi) is 6.45. The zero-order valence-corrected chi connectivity index (χ0v) is 11.6. The number of rotatable bonds is 8. The molecule has 2 N–H and O–H groups in total. The Hall–Kier alpha value is -2.15. The monoisotopic (exact) mass is 281 g/mol. The highest BCUT2D eigenvalue weighted by molar-refractivity contribution is 5.95. The molecule has 0 bridgehead atoms. The smallest absolute Gasteiger partial charge is 0.293 e. The summed E-state index contributed by atoms with van der Waals surface area (Å²) in [4.78, 5) is 22.3. The number of nitrogens with zero attached hydrogens (tertiary/aromatic N) is 1. The first kappa shape index (κ1) is 15.9. The van der Waals surface area contributed by atoms with Gasteiger partial charge in [0.1, 0.15) is 5.69 Å². The average Bonchev–Trinajstić information content (AvgIpc) is 2.45. The summed E-state index contributed by atoms with van der Waals surface area (Å²) in [5.41, 5.74) is 0.581. The van der Waals surface area contributed by atoms with Gasteiger partial charge in [0.15, 0.2) is 0 Å². The lowest BCUT2D eigenvalue weighted by Crippen LogP contribution is -2.27. The molecular weight excluding hydrogens is 262 g/mol. The van der Waals surface area contributed by atoms with E-state index in [1.165, 1.54) is 13.2 Å². The first-order chi connectivity index (χ1) is 9.60. The number of hydrogen-bond acceptors (Lipinski definition) is 5. The molecule has 0 aliphatic heterocycles. The van der Waals surface area contributed by atoms with Gasteiger partial charge >= 0.3 is 0 Å². The number of nitro groups is 1. The topological polar surface area (TPSA) is 93.5 Å². The van der Waals surface area contributed by atoms with E-state index in [9.17, 15) is 14.9 Å². The van der Waals surface area contributed by atoms with Crippen molar-refractivity contribution in [2.24, 2.45) is 0 Å². The van der Waals surface area contributed by atoms with Crippen LogP contribution in [0, 0.1) is 10.1 Å². The Morgan fingerprint density at radius 2 is 2.15 bits per heavy atom. The van der Waals surface area contributed by atoms with E-state index in [4.69, 9.17) is 4.74 Å².